The average Bonchev–Trinajstić information content (AvgIpc) is 3.39. The Bertz CT molecular complexity index is 1000. The van der Waals surface area contributed by atoms with Crippen molar-refractivity contribution in [2.24, 2.45) is 0 Å². The van der Waals surface area contributed by atoms with Crippen LogP contribution in [0.1, 0.15) is 49.5 Å². The van der Waals surface area contributed by atoms with Crippen molar-refractivity contribution in [1.29, 1.82) is 0 Å². The number of nitrogens with one attached hydrogen (secondary N) is 1. The molecule has 2 aliphatic rings. The largest absolute Gasteiger partial charge is 0.416 e. The molecule has 4 rings (SSSR count). The van der Waals surface area contributed by atoms with Gasteiger partial charge in [0, 0.05) is 31.4 Å². The van der Waals surface area contributed by atoms with Gasteiger partial charge in [-0.05, 0) is 42.3 Å². The minimum absolute atomic E-state index is 0.109. The number of pyridine rings is 1. The molecule has 1 aliphatic carbocycles. The third kappa shape index (κ3) is 5.77. The monoisotopic (exact) mass is 473 g/mol. The highest BCUT2D eigenvalue weighted by atomic mass is 32.2. The lowest BCUT2D eigenvalue weighted by Gasteiger charge is -2.17. The van der Waals surface area contributed by atoms with Crippen molar-refractivity contribution >= 4 is 46.7 Å². The van der Waals surface area contributed by atoms with E-state index in [9.17, 15) is 14.4 Å². The first kappa shape index (κ1) is 22.5. The van der Waals surface area contributed by atoms with Crippen LogP contribution in [-0.4, -0.2) is 56.0 Å². The zero-order valence-electron chi connectivity index (χ0n) is 17.4. The Labute approximate surface area is 193 Å². The van der Waals surface area contributed by atoms with Gasteiger partial charge >= 0.3 is 0 Å². The number of rotatable bonds is 8. The maximum absolute atomic E-state index is 12.5. The van der Waals surface area contributed by atoms with Gasteiger partial charge in [-0.1, -0.05) is 37.1 Å². The Hall–Kier alpha value is -2.66. The second-order valence-electron chi connectivity index (χ2n) is 7.50. The highest BCUT2D eigenvalue weighted by Crippen LogP contribution is 2.33. The van der Waals surface area contributed by atoms with Gasteiger partial charge in [0.2, 0.25) is 11.8 Å². The quantitative estimate of drug-likeness (QED) is 0.454. The summed E-state index contributed by atoms with van der Waals surface area (Å²) in [7, 11) is 0. The number of carbonyl (C=O) groups is 3. The summed E-state index contributed by atoms with van der Waals surface area (Å²) in [6.45, 7) is 0.284. The zero-order chi connectivity index (χ0) is 22.3. The van der Waals surface area contributed by atoms with Crippen LogP contribution < -0.4 is 5.32 Å². The van der Waals surface area contributed by atoms with Crippen LogP contribution in [0.15, 0.2) is 39.1 Å². The molecule has 0 radical (unpaired) electrons. The van der Waals surface area contributed by atoms with Crippen molar-refractivity contribution in [2.45, 2.75) is 43.2 Å². The number of nitrogens with zero attached hydrogens (tertiary/aromatic N) is 4. The van der Waals surface area contributed by atoms with E-state index in [1.807, 2.05) is 0 Å². The molecule has 9 nitrogen and oxygen atoms in total. The van der Waals surface area contributed by atoms with Crippen LogP contribution in [0.25, 0.3) is 6.08 Å². The predicted octanol–water partition coefficient (Wildman–Crippen LogP) is 3.46. The Morgan fingerprint density at radius 2 is 2.12 bits per heavy atom. The smallest absolute Gasteiger partial charge is 0.293 e. The van der Waals surface area contributed by atoms with Gasteiger partial charge in [-0.15, -0.1) is 10.2 Å². The van der Waals surface area contributed by atoms with E-state index in [1.165, 1.54) is 31.0 Å². The van der Waals surface area contributed by atoms with Gasteiger partial charge in [0.25, 0.3) is 16.4 Å². The van der Waals surface area contributed by atoms with Crippen LogP contribution in [0.2, 0.25) is 0 Å². The minimum Gasteiger partial charge on any atom is -0.416 e. The van der Waals surface area contributed by atoms with Gasteiger partial charge in [0.1, 0.15) is 0 Å². The molecule has 2 aromatic rings. The van der Waals surface area contributed by atoms with Crippen LogP contribution in [-0.2, 0) is 9.59 Å². The molecule has 168 valence electrons. The van der Waals surface area contributed by atoms with Gasteiger partial charge in [-0.3, -0.25) is 24.3 Å². The second kappa shape index (κ2) is 10.8. The Kier molecular flexibility index (Phi) is 7.59. The lowest BCUT2D eigenvalue weighted by molar-refractivity contribution is -0.123. The highest BCUT2D eigenvalue weighted by molar-refractivity contribution is 8.18. The summed E-state index contributed by atoms with van der Waals surface area (Å²) < 4.78 is 5.70. The fourth-order valence-corrected chi connectivity index (χ4v) is 5.05. The lowest BCUT2D eigenvalue weighted by Crippen LogP contribution is -2.37. The first-order valence-corrected chi connectivity index (χ1v) is 12.3. The Morgan fingerprint density at radius 1 is 1.28 bits per heavy atom. The van der Waals surface area contributed by atoms with Gasteiger partial charge < -0.3 is 9.73 Å². The molecule has 0 unspecified atom stereocenters. The summed E-state index contributed by atoms with van der Waals surface area (Å²) in [4.78, 5) is 42.3. The van der Waals surface area contributed by atoms with Gasteiger partial charge in [0.05, 0.1) is 10.7 Å². The maximum Gasteiger partial charge on any atom is 0.293 e. The van der Waals surface area contributed by atoms with Crippen LogP contribution in [0.4, 0.5) is 4.79 Å². The number of thioether (sulfide) groups is 2. The van der Waals surface area contributed by atoms with E-state index < -0.39 is 0 Å². The molecule has 1 saturated heterocycles. The molecule has 1 N–H and O–H groups in total. The van der Waals surface area contributed by atoms with Crippen molar-refractivity contribution in [3.63, 3.8) is 0 Å². The fourth-order valence-electron chi connectivity index (χ4n) is 3.58. The summed E-state index contributed by atoms with van der Waals surface area (Å²) in [6, 6.07) is 3.56. The summed E-state index contributed by atoms with van der Waals surface area (Å²) in [5, 5.41) is 10.9. The molecule has 32 heavy (non-hydrogen) atoms. The molecule has 0 aromatic carbocycles. The first-order valence-electron chi connectivity index (χ1n) is 10.5. The van der Waals surface area contributed by atoms with E-state index in [0.29, 0.717) is 21.9 Å². The zero-order valence-corrected chi connectivity index (χ0v) is 19.0. The second-order valence-corrected chi connectivity index (χ2v) is 9.42. The van der Waals surface area contributed by atoms with Crippen molar-refractivity contribution < 1.29 is 18.8 Å². The molecule has 11 heteroatoms. The van der Waals surface area contributed by atoms with E-state index in [0.717, 1.165) is 35.1 Å². The molecule has 3 amide bonds. The van der Waals surface area contributed by atoms with Crippen molar-refractivity contribution in [3.05, 3.63) is 40.9 Å². The molecule has 0 bridgehead atoms. The summed E-state index contributed by atoms with van der Waals surface area (Å²) in [6.07, 6.45) is 10.6. The lowest BCUT2D eigenvalue weighted by atomic mass is 9.89. The molecule has 0 spiro atoms. The third-order valence-corrected chi connectivity index (χ3v) is 6.94. The van der Waals surface area contributed by atoms with Crippen LogP contribution in [0.3, 0.4) is 0 Å². The molecule has 3 heterocycles. The van der Waals surface area contributed by atoms with Crippen molar-refractivity contribution in [1.82, 2.24) is 25.4 Å². The van der Waals surface area contributed by atoms with Gasteiger partial charge in [-0.25, -0.2) is 0 Å². The van der Waals surface area contributed by atoms with E-state index in [4.69, 9.17) is 4.42 Å². The maximum atomic E-state index is 12.5. The summed E-state index contributed by atoms with van der Waals surface area (Å²) >= 11 is 2.06. The van der Waals surface area contributed by atoms with Crippen molar-refractivity contribution in [3.8, 4) is 0 Å². The minimum atomic E-state index is -0.367. The standard InChI is InChI=1S/C21H23N5O4S2/c27-17(13-31-20-25-24-18(30-20)15-6-2-1-3-7-15)23-9-10-26-19(28)16(32-21(26)29)11-14-5-4-8-22-12-14/h4-5,8,11-12,15H,1-3,6-7,9-10,13H2,(H,23,27)/b16-11-. The van der Waals surface area contributed by atoms with E-state index in [1.54, 1.807) is 30.6 Å². The van der Waals surface area contributed by atoms with Crippen LogP contribution in [0.5, 0.6) is 0 Å². The Balaban J connectivity index is 1.20. The summed E-state index contributed by atoms with van der Waals surface area (Å²) in [5.74, 6) is 0.504. The van der Waals surface area contributed by atoms with E-state index in [-0.39, 0.29) is 35.9 Å². The highest BCUT2D eigenvalue weighted by Gasteiger charge is 2.34. The van der Waals surface area contributed by atoms with Crippen LogP contribution >= 0.6 is 23.5 Å². The number of imide groups is 1. The summed E-state index contributed by atoms with van der Waals surface area (Å²) in [5.41, 5.74) is 0.746. The van der Waals surface area contributed by atoms with E-state index in [2.05, 4.69) is 20.5 Å². The van der Waals surface area contributed by atoms with Gasteiger partial charge in [-0.2, -0.15) is 0 Å². The van der Waals surface area contributed by atoms with Crippen molar-refractivity contribution in [2.75, 3.05) is 18.8 Å². The van der Waals surface area contributed by atoms with Crippen LogP contribution in [0, 0.1) is 0 Å². The molecule has 2 aromatic heterocycles. The normalized spacial score (nSPS) is 18.5. The molecule has 2 fully saturated rings. The molecule has 1 aliphatic heterocycles. The first-order chi connectivity index (χ1) is 15.6. The topological polar surface area (TPSA) is 118 Å². The number of amides is 3. The van der Waals surface area contributed by atoms with Gasteiger partial charge in [0.15, 0.2) is 0 Å². The molecule has 0 atom stereocenters. The van der Waals surface area contributed by atoms with E-state index >= 15 is 0 Å². The number of aromatic nitrogens is 3. The molecule has 1 saturated carbocycles. The average molecular weight is 474 g/mol. The third-order valence-electron chi connectivity index (χ3n) is 5.22. The molecular formula is C21H23N5O4S2. The predicted molar refractivity (Wildman–Crippen MR) is 121 cm³/mol. The number of hydrogen-bond donors (Lipinski definition) is 1. The SMILES string of the molecule is O=C(CSc1nnc(C2CCCCC2)o1)NCCN1C(=O)S/C(=C\c2cccnc2)C1=O. The number of hydrogen-bond acceptors (Lipinski definition) is 9. The fraction of sp³-hybridized carbons (Fsp3) is 0.429. The Morgan fingerprint density at radius 3 is 2.91 bits per heavy atom. The number of carbonyl (C=O) groups excluding carboxylic acids is 3. The molecular weight excluding hydrogens is 450 g/mol.